The predicted octanol–water partition coefficient (Wildman–Crippen LogP) is 5.49. The minimum atomic E-state index is -4.49. The Hall–Kier alpha value is -0.580. The number of rotatable bonds is 7. The van der Waals surface area contributed by atoms with Gasteiger partial charge in [0.2, 0.25) is 5.92 Å². The zero-order chi connectivity index (χ0) is 20.5. The maximum absolute atomic E-state index is 13.4. The van der Waals surface area contributed by atoms with Crippen LogP contribution in [0.1, 0.15) is 31.2 Å². The van der Waals surface area contributed by atoms with Crippen LogP contribution in [0.25, 0.3) is 0 Å². The molecular weight excluding hydrogens is 467 g/mol. The van der Waals surface area contributed by atoms with Crippen molar-refractivity contribution >= 4 is 27.9 Å². The van der Waals surface area contributed by atoms with Crippen molar-refractivity contribution in [3.63, 3.8) is 0 Å². The molecule has 3 nitrogen and oxygen atoms in total. The molecule has 1 aromatic carbocycles. The number of fused-ring (bicyclic) bond motifs is 1. The van der Waals surface area contributed by atoms with Gasteiger partial charge in [-0.2, -0.15) is 13.2 Å². The van der Waals surface area contributed by atoms with Gasteiger partial charge in [0, 0.05) is 41.3 Å². The van der Waals surface area contributed by atoms with Crippen LogP contribution in [0.15, 0.2) is 21.5 Å². The molecule has 0 heterocycles. The lowest BCUT2D eigenvalue weighted by molar-refractivity contribution is -0.138. The smallest absolute Gasteiger partial charge is 0.420 e. The molecule has 3 rings (SSSR count). The zero-order valence-corrected chi connectivity index (χ0v) is 17.6. The minimum Gasteiger partial charge on any atom is -0.496 e. The first-order valence-corrected chi connectivity index (χ1v) is 10.7. The lowest BCUT2D eigenvalue weighted by Crippen LogP contribution is -2.32. The van der Waals surface area contributed by atoms with Gasteiger partial charge in [-0.05, 0) is 64.7 Å². The summed E-state index contributed by atoms with van der Waals surface area (Å²) >= 11 is 4.38. The van der Waals surface area contributed by atoms with Crippen LogP contribution in [-0.2, 0) is 6.18 Å². The van der Waals surface area contributed by atoms with Gasteiger partial charge in [0.1, 0.15) is 5.75 Å². The van der Waals surface area contributed by atoms with E-state index in [0.717, 1.165) is 18.9 Å². The zero-order valence-electron chi connectivity index (χ0n) is 15.2. The van der Waals surface area contributed by atoms with E-state index >= 15 is 0 Å². The van der Waals surface area contributed by atoms with Crippen LogP contribution in [0.3, 0.4) is 0 Å². The van der Waals surface area contributed by atoms with Crippen LogP contribution in [0.5, 0.6) is 5.75 Å². The summed E-state index contributed by atoms with van der Waals surface area (Å²) in [5.74, 6) is -2.49. The minimum absolute atomic E-state index is 0.00767. The Balaban J connectivity index is 1.43. The summed E-state index contributed by atoms with van der Waals surface area (Å²) in [7, 11) is 1.21. The molecule has 0 radical (unpaired) electrons. The Labute approximate surface area is 173 Å². The van der Waals surface area contributed by atoms with Crippen molar-refractivity contribution in [2.75, 3.05) is 20.2 Å². The summed E-state index contributed by atoms with van der Waals surface area (Å²) in [5, 5.41) is 3.38. The van der Waals surface area contributed by atoms with Crippen LogP contribution < -0.4 is 14.8 Å². The Morgan fingerprint density at radius 1 is 1.18 bits per heavy atom. The van der Waals surface area contributed by atoms with Gasteiger partial charge in [0.15, 0.2) is 0 Å². The van der Waals surface area contributed by atoms with E-state index in [2.05, 4.69) is 26.0 Å². The molecule has 0 spiro atoms. The third-order valence-corrected chi connectivity index (χ3v) is 7.19. The molecule has 0 saturated heterocycles. The highest BCUT2D eigenvalue weighted by Crippen LogP contribution is 2.51. The first kappa shape index (κ1) is 22.1. The normalized spacial score (nSPS) is 26.5. The van der Waals surface area contributed by atoms with Crippen molar-refractivity contribution in [1.82, 2.24) is 10.0 Å². The molecule has 28 heavy (non-hydrogen) atoms. The molecule has 2 aliphatic rings. The number of alkyl halides is 5. The molecule has 2 fully saturated rings. The molecular formula is C18H22BrF5N2OS. The first-order valence-electron chi connectivity index (χ1n) is 9.04. The molecule has 2 saturated carbocycles. The van der Waals surface area contributed by atoms with Crippen LogP contribution >= 0.6 is 27.9 Å². The predicted molar refractivity (Wildman–Crippen MR) is 102 cm³/mol. The summed E-state index contributed by atoms with van der Waals surface area (Å²) in [6.07, 6.45) is -2.90. The van der Waals surface area contributed by atoms with E-state index in [1.165, 1.54) is 25.1 Å². The van der Waals surface area contributed by atoms with Crippen LogP contribution in [0, 0.1) is 11.8 Å². The highest BCUT2D eigenvalue weighted by atomic mass is 79.9. The third kappa shape index (κ3) is 5.31. The fourth-order valence-electron chi connectivity index (χ4n) is 4.19. The highest BCUT2D eigenvalue weighted by Gasteiger charge is 2.50. The quantitative estimate of drug-likeness (QED) is 0.302. The number of methoxy groups -OCH3 is 1. The lowest BCUT2D eigenvalue weighted by atomic mass is 10.0. The average molecular weight is 489 g/mol. The molecule has 2 unspecified atom stereocenters. The van der Waals surface area contributed by atoms with Gasteiger partial charge in [-0.1, -0.05) is 0 Å². The maximum Gasteiger partial charge on any atom is 0.420 e. The van der Waals surface area contributed by atoms with Gasteiger partial charge >= 0.3 is 6.18 Å². The Bertz CT molecular complexity index is 687. The van der Waals surface area contributed by atoms with Crippen LogP contribution in [0.2, 0.25) is 0 Å². The largest absolute Gasteiger partial charge is 0.496 e. The molecule has 1 aromatic rings. The molecule has 10 heteroatoms. The molecule has 2 atom stereocenters. The van der Waals surface area contributed by atoms with Crippen LogP contribution in [0.4, 0.5) is 22.0 Å². The second-order valence-electron chi connectivity index (χ2n) is 7.38. The summed E-state index contributed by atoms with van der Waals surface area (Å²) in [6.45, 7) is 1.24. The molecule has 0 bridgehead atoms. The van der Waals surface area contributed by atoms with E-state index < -0.39 is 17.7 Å². The number of nitrogens with one attached hydrogen (secondary N) is 2. The molecule has 2 aliphatic carbocycles. The SMILES string of the molecule is COc1cc(SNCCNC2CC3CC(F)(F)CC3C2)c(Br)cc1C(F)(F)F. The first-order chi connectivity index (χ1) is 13.1. The molecule has 0 aliphatic heterocycles. The van der Waals surface area contributed by atoms with E-state index in [0.29, 0.717) is 22.5 Å². The fraction of sp³-hybridized carbons (Fsp3) is 0.667. The van der Waals surface area contributed by atoms with Crippen molar-refractivity contribution in [2.45, 2.75) is 48.7 Å². The second-order valence-corrected chi connectivity index (χ2v) is 9.17. The Morgan fingerprint density at radius 2 is 1.82 bits per heavy atom. The summed E-state index contributed by atoms with van der Waals surface area (Å²) in [6, 6.07) is 2.61. The van der Waals surface area contributed by atoms with E-state index in [1.807, 2.05) is 0 Å². The molecule has 2 N–H and O–H groups in total. The number of benzene rings is 1. The number of ether oxygens (including phenoxy) is 1. The monoisotopic (exact) mass is 488 g/mol. The maximum atomic E-state index is 13.4. The lowest BCUT2D eigenvalue weighted by Gasteiger charge is -2.17. The van der Waals surface area contributed by atoms with Crippen molar-refractivity contribution in [1.29, 1.82) is 0 Å². The van der Waals surface area contributed by atoms with Crippen LogP contribution in [-0.4, -0.2) is 32.2 Å². The van der Waals surface area contributed by atoms with Crippen molar-refractivity contribution in [2.24, 2.45) is 11.8 Å². The Morgan fingerprint density at radius 3 is 2.39 bits per heavy atom. The number of hydrogen-bond donors (Lipinski definition) is 2. The molecule has 0 amide bonds. The van der Waals surface area contributed by atoms with E-state index in [-0.39, 0.29) is 36.5 Å². The molecule has 158 valence electrons. The number of hydrogen-bond acceptors (Lipinski definition) is 4. The Kier molecular flexibility index (Phi) is 6.83. The van der Waals surface area contributed by atoms with Gasteiger partial charge in [0.05, 0.1) is 12.7 Å². The van der Waals surface area contributed by atoms with E-state index in [9.17, 15) is 22.0 Å². The third-order valence-electron chi connectivity index (χ3n) is 5.36. The summed E-state index contributed by atoms with van der Waals surface area (Å²) in [5.41, 5.74) is -0.828. The summed E-state index contributed by atoms with van der Waals surface area (Å²) in [4.78, 5) is 0.586. The second kappa shape index (κ2) is 8.65. The van der Waals surface area contributed by atoms with E-state index in [4.69, 9.17) is 4.74 Å². The number of halogens is 6. The van der Waals surface area contributed by atoms with Gasteiger partial charge < -0.3 is 10.1 Å². The van der Waals surface area contributed by atoms with Gasteiger partial charge in [-0.15, -0.1) is 0 Å². The van der Waals surface area contributed by atoms with Gasteiger partial charge in [-0.3, -0.25) is 4.72 Å². The van der Waals surface area contributed by atoms with Gasteiger partial charge in [-0.25, -0.2) is 8.78 Å². The van der Waals surface area contributed by atoms with E-state index in [1.54, 1.807) is 0 Å². The average Bonchev–Trinajstić information content (AvgIpc) is 3.07. The van der Waals surface area contributed by atoms with Gasteiger partial charge in [0.25, 0.3) is 0 Å². The fourth-order valence-corrected chi connectivity index (χ4v) is 5.46. The van der Waals surface area contributed by atoms with Crippen molar-refractivity contribution < 1.29 is 26.7 Å². The standard InChI is InChI=1S/C18H22BrF5N2OS/c1-27-15-7-16(14(19)6-13(15)18(22,23)24)28-26-3-2-25-12-4-10-8-17(20,21)9-11(10)5-12/h6-7,10-12,25-26H,2-5,8-9H2,1H3. The topological polar surface area (TPSA) is 33.3 Å². The summed E-state index contributed by atoms with van der Waals surface area (Å²) < 4.78 is 74.1. The van der Waals surface area contributed by atoms with Crippen molar-refractivity contribution in [3.8, 4) is 5.75 Å². The van der Waals surface area contributed by atoms with Crippen molar-refractivity contribution in [3.05, 3.63) is 22.2 Å². The molecule has 0 aromatic heterocycles. The highest BCUT2D eigenvalue weighted by molar-refractivity contribution is 9.10.